The second-order valence-corrected chi connectivity index (χ2v) is 3.32. The van der Waals surface area contributed by atoms with Gasteiger partial charge < -0.3 is 5.73 Å². The van der Waals surface area contributed by atoms with Gasteiger partial charge in [-0.3, -0.25) is 0 Å². The number of aromatic nitrogens is 1. The molecule has 70 valence electrons. The third-order valence-electron chi connectivity index (χ3n) is 2.23. The smallest absolute Gasteiger partial charge is 0.212 e. The first kappa shape index (κ1) is 8.75. The highest BCUT2D eigenvalue weighted by molar-refractivity contribution is 5.56. The topological polar surface area (TPSA) is 29.9 Å². The van der Waals surface area contributed by atoms with Crippen LogP contribution in [-0.2, 0) is 7.05 Å². The number of rotatable bonds is 1. The summed E-state index contributed by atoms with van der Waals surface area (Å²) in [7, 11) is 2.00. The van der Waals surface area contributed by atoms with Gasteiger partial charge in [0.1, 0.15) is 7.05 Å². The monoisotopic (exact) mass is 185 g/mol. The lowest BCUT2D eigenvalue weighted by molar-refractivity contribution is -0.659. The third kappa shape index (κ3) is 1.59. The van der Waals surface area contributed by atoms with E-state index in [-0.39, 0.29) is 0 Å². The highest BCUT2D eigenvalue weighted by Gasteiger charge is 2.07. The average molecular weight is 185 g/mol. The van der Waals surface area contributed by atoms with Crippen LogP contribution in [0.3, 0.4) is 0 Å². The van der Waals surface area contributed by atoms with Crippen LogP contribution >= 0.6 is 0 Å². The number of anilines is 1. The van der Waals surface area contributed by atoms with Gasteiger partial charge in [-0.2, -0.15) is 4.57 Å². The van der Waals surface area contributed by atoms with Gasteiger partial charge >= 0.3 is 0 Å². The Morgan fingerprint density at radius 1 is 1.00 bits per heavy atom. The Kier molecular flexibility index (Phi) is 2.19. The second-order valence-electron chi connectivity index (χ2n) is 3.32. The Balaban J connectivity index is 2.53. The van der Waals surface area contributed by atoms with Gasteiger partial charge in [0, 0.05) is 11.6 Å². The maximum Gasteiger partial charge on any atom is 0.212 e. The molecule has 1 aromatic carbocycles. The van der Waals surface area contributed by atoms with Crippen LogP contribution in [0.15, 0.2) is 48.7 Å². The fraction of sp³-hybridized carbons (Fsp3) is 0.0833. The number of nitrogens with zero attached hydrogens (tertiary/aromatic N) is 1. The number of nitrogens with two attached hydrogens (primary N) is 1. The summed E-state index contributed by atoms with van der Waals surface area (Å²) in [6.07, 6.45) is 1.92. The van der Waals surface area contributed by atoms with Crippen molar-refractivity contribution in [1.29, 1.82) is 0 Å². The molecule has 14 heavy (non-hydrogen) atoms. The van der Waals surface area contributed by atoms with Crippen LogP contribution in [0.1, 0.15) is 0 Å². The minimum absolute atomic E-state index is 0.784. The number of benzene rings is 1. The van der Waals surface area contributed by atoms with Crippen LogP contribution < -0.4 is 10.3 Å². The fourth-order valence-electron chi connectivity index (χ4n) is 1.54. The zero-order valence-corrected chi connectivity index (χ0v) is 8.14. The molecule has 0 aliphatic heterocycles. The van der Waals surface area contributed by atoms with E-state index in [2.05, 4.69) is 12.1 Å². The van der Waals surface area contributed by atoms with E-state index in [1.54, 1.807) is 0 Å². The Hall–Kier alpha value is -1.83. The summed E-state index contributed by atoms with van der Waals surface area (Å²) in [5, 5.41) is 0. The molecule has 0 spiro atoms. The Morgan fingerprint density at radius 3 is 2.36 bits per heavy atom. The van der Waals surface area contributed by atoms with Crippen molar-refractivity contribution >= 4 is 5.69 Å². The molecule has 0 fully saturated rings. The maximum absolute atomic E-state index is 5.68. The molecule has 2 aromatic rings. The van der Waals surface area contributed by atoms with E-state index in [0.717, 1.165) is 5.69 Å². The molecule has 0 unspecified atom stereocenters. The summed E-state index contributed by atoms with van der Waals surface area (Å²) in [5.74, 6) is 0. The first-order valence-corrected chi connectivity index (χ1v) is 4.58. The van der Waals surface area contributed by atoms with Crippen molar-refractivity contribution in [2.24, 2.45) is 7.05 Å². The summed E-state index contributed by atoms with van der Waals surface area (Å²) in [4.78, 5) is 0. The van der Waals surface area contributed by atoms with Crippen molar-refractivity contribution in [2.75, 3.05) is 5.73 Å². The molecule has 2 nitrogen and oxygen atoms in total. The lowest BCUT2D eigenvalue weighted by atomic mass is 10.1. The van der Waals surface area contributed by atoms with Gasteiger partial charge in [0.15, 0.2) is 6.20 Å². The molecule has 2 N–H and O–H groups in total. The van der Waals surface area contributed by atoms with Crippen molar-refractivity contribution in [2.45, 2.75) is 0 Å². The number of hydrogen-bond acceptors (Lipinski definition) is 1. The van der Waals surface area contributed by atoms with Crippen LogP contribution in [0.25, 0.3) is 11.3 Å². The van der Waals surface area contributed by atoms with Crippen LogP contribution in [0.2, 0.25) is 0 Å². The fourth-order valence-corrected chi connectivity index (χ4v) is 1.54. The van der Waals surface area contributed by atoms with Crippen molar-refractivity contribution in [3.63, 3.8) is 0 Å². The van der Waals surface area contributed by atoms with Gasteiger partial charge in [0.2, 0.25) is 5.69 Å². The van der Waals surface area contributed by atoms with Crippen LogP contribution in [-0.4, -0.2) is 0 Å². The van der Waals surface area contributed by atoms with Crippen molar-refractivity contribution < 1.29 is 4.57 Å². The van der Waals surface area contributed by atoms with Gasteiger partial charge in [0.25, 0.3) is 0 Å². The molecule has 0 radical (unpaired) electrons. The van der Waals surface area contributed by atoms with Crippen molar-refractivity contribution in [3.05, 3.63) is 48.7 Å². The average Bonchev–Trinajstić information content (AvgIpc) is 2.19. The Labute approximate surface area is 83.6 Å². The van der Waals surface area contributed by atoms with Gasteiger partial charge in [-0.05, 0) is 18.2 Å². The lowest BCUT2D eigenvalue weighted by Crippen LogP contribution is -2.30. The number of hydrogen-bond donors (Lipinski definition) is 1. The van der Waals surface area contributed by atoms with E-state index >= 15 is 0 Å². The van der Waals surface area contributed by atoms with Crippen LogP contribution in [0, 0.1) is 0 Å². The molecule has 2 heteroatoms. The largest absolute Gasteiger partial charge is 0.394 e. The molecule has 0 aliphatic carbocycles. The molecule has 1 heterocycles. The highest BCUT2D eigenvalue weighted by Crippen LogP contribution is 2.14. The van der Waals surface area contributed by atoms with Gasteiger partial charge in [-0.15, -0.1) is 0 Å². The number of pyridine rings is 1. The molecule has 0 bridgehead atoms. The van der Waals surface area contributed by atoms with E-state index in [9.17, 15) is 0 Å². The zero-order valence-electron chi connectivity index (χ0n) is 8.14. The van der Waals surface area contributed by atoms with Gasteiger partial charge in [-0.1, -0.05) is 18.2 Å². The number of aryl methyl sites for hydroxylation is 1. The van der Waals surface area contributed by atoms with E-state index in [0.29, 0.717) is 0 Å². The van der Waals surface area contributed by atoms with E-state index < -0.39 is 0 Å². The van der Waals surface area contributed by atoms with Gasteiger partial charge in [0.05, 0.1) is 5.69 Å². The highest BCUT2D eigenvalue weighted by atomic mass is 14.9. The van der Waals surface area contributed by atoms with Gasteiger partial charge in [-0.25, -0.2) is 0 Å². The third-order valence-corrected chi connectivity index (χ3v) is 2.23. The summed E-state index contributed by atoms with van der Waals surface area (Å²) >= 11 is 0. The van der Waals surface area contributed by atoms with Crippen molar-refractivity contribution in [3.8, 4) is 11.3 Å². The molecule has 0 amide bonds. The van der Waals surface area contributed by atoms with Crippen LogP contribution in [0.4, 0.5) is 5.69 Å². The molecule has 0 atom stereocenters. The molecule has 2 rings (SSSR count). The Morgan fingerprint density at radius 2 is 1.71 bits per heavy atom. The normalized spacial score (nSPS) is 10.1. The van der Waals surface area contributed by atoms with E-state index in [4.69, 9.17) is 5.73 Å². The predicted molar refractivity (Wildman–Crippen MR) is 57.5 cm³/mol. The second kappa shape index (κ2) is 3.50. The first-order valence-electron chi connectivity index (χ1n) is 4.58. The summed E-state index contributed by atoms with van der Waals surface area (Å²) in [6.45, 7) is 0. The first-order chi connectivity index (χ1) is 6.77. The molecule has 0 saturated carbocycles. The van der Waals surface area contributed by atoms with Crippen LogP contribution in [0.5, 0.6) is 0 Å². The maximum atomic E-state index is 5.68. The molecular formula is C12H13N2+. The summed E-state index contributed by atoms with van der Waals surface area (Å²) < 4.78 is 2.03. The Bertz CT molecular complexity index is 435. The standard InChI is InChI=1S/C12H13N2/c1-14-9-11(13)7-8-12(14)10-5-3-2-4-6-10/h2-9H,13H2,1H3/q+1. The SMILES string of the molecule is C[n+]1cc(N)ccc1-c1ccccc1. The lowest BCUT2D eigenvalue weighted by Gasteiger charge is -2.00. The molecule has 0 aliphatic rings. The number of nitrogen functional groups attached to an aromatic ring is 1. The summed E-state index contributed by atoms with van der Waals surface area (Å²) in [6, 6.07) is 14.2. The van der Waals surface area contributed by atoms with E-state index in [1.165, 1.54) is 11.3 Å². The zero-order chi connectivity index (χ0) is 9.97. The minimum atomic E-state index is 0.784. The quantitative estimate of drug-likeness (QED) is 0.674. The van der Waals surface area contributed by atoms with E-state index in [1.807, 2.05) is 48.1 Å². The van der Waals surface area contributed by atoms with Crippen molar-refractivity contribution in [1.82, 2.24) is 0 Å². The molecular weight excluding hydrogens is 172 g/mol. The predicted octanol–water partition coefficient (Wildman–Crippen LogP) is 1.76. The summed E-state index contributed by atoms with van der Waals surface area (Å²) in [5.41, 5.74) is 8.84. The minimum Gasteiger partial charge on any atom is -0.394 e. The molecule has 0 saturated heterocycles. The molecule has 1 aromatic heterocycles.